The summed E-state index contributed by atoms with van der Waals surface area (Å²) in [6.45, 7) is 11.0. The van der Waals surface area contributed by atoms with Gasteiger partial charge in [-0.2, -0.15) is 0 Å². The summed E-state index contributed by atoms with van der Waals surface area (Å²) in [7, 11) is -4.64. The van der Waals surface area contributed by atoms with E-state index in [2.05, 4.69) is 0 Å². The average Bonchev–Trinajstić information content (AvgIpc) is 2.25. The molecule has 0 aromatic carbocycles. The Hall–Kier alpha value is -0.680. The Labute approximate surface area is 121 Å². The minimum Gasteiger partial charge on any atom is -0.744 e. The van der Waals surface area contributed by atoms with E-state index in [0.29, 0.717) is 12.0 Å². The first-order chi connectivity index (χ1) is 8.98. The molecule has 0 saturated heterocycles. The number of rotatable bonds is 4. The summed E-state index contributed by atoms with van der Waals surface area (Å²) in [4.78, 5) is -0.232. The molecule has 1 rings (SSSR count). The molecule has 3 nitrogen and oxygen atoms in total. The lowest BCUT2D eigenvalue weighted by molar-refractivity contribution is 0.389. The summed E-state index contributed by atoms with van der Waals surface area (Å²) in [6, 6.07) is 0. The van der Waals surface area contributed by atoms with E-state index in [1.165, 1.54) is 0 Å². The van der Waals surface area contributed by atoms with E-state index < -0.39 is 21.9 Å². The predicted octanol–water partition coefficient (Wildman–Crippen LogP) is 4.00. The summed E-state index contributed by atoms with van der Waals surface area (Å²) in [6.07, 6.45) is 0.314. The standard InChI is InChI=1S/C15H25FO3S/c1-8(2)11-7-12(9(3)4)15(20(17,18)19)13(10(5)6)14(11)16/h8-10,12H,7H2,1-6H3,(H,17,18,19)/p-1. The molecule has 0 heterocycles. The second-order valence-corrected chi connectivity index (χ2v) is 7.78. The van der Waals surface area contributed by atoms with Gasteiger partial charge in [0.25, 0.3) is 0 Å². The average molecular weight is 303 g/mol. The monoisotopic (exact) mass is 303 g/mol. The van der Waals surface area contributed by atoms with Crippen LogP contribution in [0.1, 0.15) is 48.0 Å². The number of hydrogen-bond donors (Lipinski definition) is 0. The second kappa shape index (κ2) is 5.98. The summed E-state index contributed by atoms with van der Waals surface area (Å²) >= 11 is 0. The third kappa shape index (κ3) is 3.31. The van der Waals surface area contributed by atoms with Crippen molar-refractivity contribution >= 4 is 10.1 Å². The molecule has 1 atom stereocenters. The molecule has 1 aliphatic carbocycles. The van der Waals surface area contributed by atoms with Crippen LogP contribution in [0.5, 0.6) is 0 Å². The molecule has 0 bridgehead atoms. The molecular weight excluding hydrogens is 279 g/mol. The number of hydrogen-bond acceptors (Lipinski definition) is 3. The van der Waals surface area contributed by atoms with Crippen molar-refractivity contribution in [3.63, 3.8) is 0 Å². The van der Waals surface area contributed by atoms with Crippen LogP contribution in [0, 0.1) is 23.7 Å². The third-order valence-electron chi connectivity index (χ3n) is 3.91. The summed E-state index contributed by atoms with van der Waals surface area (Å²) in [5, 5.41) is 0. The molecule has 0 fully saturated rings. The van der Waals surface area contributed by atoms with Gasteiger partial charge in [0, 0.05) is 16.4 Å². The van der Waals surface area contributed by atoms with Gasteiger partial charge in [0.05, 0.1) is 0 Å². The summed E-state index contributed by atoms with van der Waals surface area (Å²) < 4.78 is 49.6. The van der Waals surface area contributed by atoms with Crippen molar-refractivity contribution in [3.05, 3.63) is 21.9 Å². The maximum absolute atomic E-state index is 14.6. The first-order valence-corrected chi connectivity index (χ1v) is 8.48. The fourth-order valence-corrected chi connectivity index (χ4v) is 4.11. The molecule has 0 N–H and O–H groups in total. The Morgan fingerprint density at radius 3 is 1.90 bits per heavy atom. The topological polar surface area (TPSA) is 57.2 Å². The van der Waals surface area contributed by atoms with Gasteiger partial charge in [0.15, 0.2) is 0 Å². The van der Waals surface area contributed by atoms with Gasteiger partial charge < -0.3 is 4.55 Å². The van der Waals surface area contributed by atoms with Crippen LogP contribution in [0.25, 0.3) is 0 Å². The Morgan fingerprint density at radius 1 is 1.10 bits per heavy atom. The Balaban J connectivity index is 3.68. The van der Waals surface area contributed by atoms with Gasteiger partial charge in [-0.1, -0.05) is 41.5 Å². The van der Waals surface area contributed by atoms with E-state index >= 15 is 0 Å². The van der Waals surface area contributed by atoms with Crippen molar-refractivity contribution < 1.29 is 17.4 Å². The van der Waals surface area contributed by atoms with Gasteiger partial charge >= 0.3 is 0 Å². The molecule has 0 spiro atoms. The molecule has 0 saturated carbocycles. The van der Waals surface area contributed by atoms with Gasteiger partial charge in [-0.3, -0.25) is 0 Å². The van der Waals surface area contributed by atoms with E-state index in [-0.39, 0.29) is 28.2 Å². The van der Waals surface area contributed by atoms with Crippen LogP contribution in [-0.4, -0.2) is 13.0 Å². The van der Waals surface area contributed by atoms with Crippen molar-refractivity contribution in [2.24, 2.45) is 23.7 Å². The van der Waals surface area contributed by atoms with Crippen molar-refractivity contribution in [1.29, 1.82) is 0 Å². The summed E-state index contributed by atoms with van der Waals surface area (Å²) in [5.74, 6) is -1.26. The maximum atomic E-state index is 14.6. The Morgan fingerprint density at radius 2 is 1.60 bits per heavy atom. The van der Waals surface area contributed by atoms with Gasteiger partial charge in [0.2, 0.25) is 0 Å². The van der Waals surface area contributed by atoms with Crippen molar-refractivity contribution in [1.82, 2.24) is 0 Å². The highest BCUT2D eigenvalue weighted by atomic mass is 32.2. The molecule has 20 heavy (non-hydrogen) atoms. The fraction of sp³-hybridized carbons (Fsp3) is 0.733. The number of allylic oxidation sites excluding steroid dienone is 4. The smallest absolute Gasteiger partial charge is 0.127 e. The summed E-state index contributed by atoms with van der Waals surface area (Å²) in [5.41, 5.74) is 0.716. The van der Waals surface area contributed by atoms with Crippen LogP contribution in [0.2, 0.25) is 0 Å². The largest absolute Gasteiger partial charge is 0.744 e. The molecular formula is C15H24FO3S-. The zero-order chi connectivity index (χ0) is 15.8. The van der Waals surface area contributed by atoms with Crippen LogP contribution in [0.3, 0.4) is 0 Å². The Bertz CT molecular complexity index is 539. The first-order valence-electron chi connectivity index (χ1n) is 7.07. The second-order valence-electron chi connectivity index (χ2n) is 6.44. The van der Waals surface area contributed by atoms with Gasteiger partial charge in [-0.25, -0.2) is 12.8 Å². The van der Waals surface area contributed by atoms with E-state index in [0.717, 1.165) is 0 Å². The SMILES string of the molecule is CC(C)C1=C(F)C(C(C)C)=C(S(=O)(=O)[O-])C(C(C)C)C1. The Kier molecular flexibility index (Phi) is 5.19. The number of halogens is 1. The zero-order valence-corrected chi connectivity index (χ0v) is 13.8. The molecule has 116 valence electrons. The minimum atomic E-state index is -4.64. The van der Waals surface area contributed by atoms with Crippen LogP contribution >= 0.6 is 0 Å². The van der Waals surface area contributed by atoms with Crippen LogP contribution in [0.4, 0.5) is 4.39 Å². The molecule has 5 heteroatoms. The lowest BCUT2D eigenvalue weighted by Crippen LogP contribution is -2.27. The fourth-order valence-electron chi connectivity index (χ4n) is 2.79. The van der Waals surface area contributed by atoms with Crippen molar-refractivity contribution in [3.8, 4) is 0 Å². The molecule has 1 aliphatic rings. The molecule has 0 aromatic heterocycles. The molecule has 0 aliphatic heterocycles. The predicted molar refractivity (Wildman–Crippen MR) is 77.5 cm³/mol. The van der Waals surface area contributed by atoms with E-state index in [1.54, 1.807) is 13.8 Å². The van der Waals surface area contributed by atoms with E-state index in [4.69, 9.17) is 0 Å². The third-order valence-corrected chi connectivity index (χ3v) is 4.97. The van der Waals surface area contributed by atoms with Gasteiger partial charge in [-0.05, 0) is 29.7 Å². The van der Waals surface area contributed by atoms with Crippen LogP contribution < -0.4 is 0 Å². The normalized spacial score (nSPS) is 21.6. The molecule has 1 unspecified atom stereocenters. The van der Waals surface area contributed by atoms with Gasteiger partial charge in [0.1, 0.15) is 15.9 Å². The maximum Gasteiger partial charge on any atom is 0.127 e. The van der Waals surface area contributed by atoms with Crippen molar-refractivity contribution in [2.75, 3.05) is 0 Å². The van der Waals surface area contributed by atoms with E-state index in [9.17, 15) is 17.4 Å². The zero-order valence-electron chi connectivity index (χ0n) is 13.0. The van der Waals surface area contributed by atoms with Crippen molar-refractivity contribution in [2.45, 2.75) is 48.0 Å². The first kappa shape index (κ1) is 17.4. The lowest BCUT2D eigenvalue weighted by atomic mass is 9.77. The molecule has 0 amide bonds. The molecule has 0 radical (unpaired) electrons. The lowest BCUT2D eigenvalue weighted by Gasteiger charge is -2.35. The molecule has 0 aromatic rings. The minimum absolute atomic E-state index is 0.000839. The van der Waals surface area contributed by atoms with Crippen LogP contribution in [0.15, 0.2) is 21.9 Å². The van der Waals surface area contributed by atoms with Gasteiger partial charge in [-0.15, -0.1) is 0 Å². The van der Waals surface area contributed by atoms with E-state index in [1.807, 2.05) is 27.7 Å². The highest BCUT2D eigenvalue weighted by molar-refractivity contribution is 7.89. The van der Waals surface area contributed by atoms with Crippen LogP contribution in [-0.2, 0) is 10.1 Å². The highest BCUT2D eigenvalue weighted by Crippen LogP contribution is 2.45. The quantitative estimate of drug-likeness (QED) is 0.738. The highest BCUT2D eigenvalue weighted by Gasteiger charge is 2.36.